The minimum Gasteiger partial charge on any atom is -0.482 e. The minimum atomic E-state index is -1.09. The SMILES string of the molecule is CCCCCCN1CCN(C(=O)c2ccc(CC(=O)c3cnc(N)c(O[C@H](C)c4c(F)ccc(Cl)c4F)c3)cc2)CC1. The Kier molecular flexibility index (Phi) is 10.9. The number of ether oxygens (including phenoxy) is 1. The second-order valence-electron chi connectivity index (χ2n) is 10.6. The molecular weight excluding hydrogens is 562 g/mol. The number of hydrogen-bond donors (Lipinski definition) is 1. The number of piperazine rings is 1. The van der Waals surface area contributed by atoms with Gasteiger partial charge in [0.05, 0.1) is 10.6 Å². The van der Waals surface area contributed by atoms with Gasteiger partial charge in [-0.3, -0.25) is 14.5 Å². The fraction of sp³-hybridized carbons (Fsp3) is 0.406. The molecule has 2 N–H and O–H groups in total. The quantitative estimate of drug-likeness (QED) is 0.145. The molecule has 10 heteroatoms. The molecule has 0 unspecified atom stereocenters. The van der Waals surface area contributed by atoms with Gasteiger partial charge in [0.2, 0.25) is 0 Å². The third kappa shape index (κ3) is 7.83. The van der Waals surface area contributed by atoms with E-state index in [9.17, 15) is 18.4 Å². The molecule has 1 aromatic heterocycles. The lowest BCUT2D eigenvalue weighted by Gasteiger charge is -2.34. The largest absolute Gasteiger partial charge is 0.482 e. The highest BCUT2D eigenvalue weighted by Crippen LogP contribution is 2.32. The van der Waals surface area contributed by atoms with E-state index >= 15 is 0 Å². The van der Waals surface area contributed by atoms with Gasteiger partial charge in [-0.2, -0.15) is 0 Å². The van der Waals surface area contributed by atoms with Crippen molar-refractivity contribution in [3.8, 4) is 5.75 Å². The topological polar surface area (TPSA) is 88.8 Å². The zero-order chi connectivity index (χ0) is 30.2. The molecule has 1 atom stereocenters. The van der Waals surface area contributed by atoms with Gasteiger partial charge in [-0.05, 0) is 55.8 Å². The van der Waals surface area contributed by atoms with Crippen molar-refractivity contribution in [2.75, 3.05) is 38.5 Å². The second-order valence-corrected chi connectivity index (χ2v) is 11.0. The number of nitrogens with zero attached hydrogens (tertiary/aromatic N) is 3. The van der Waals surface area contributed by atoms with Gasteiger partial charge in [0.25, 0.3) is 5.91 Å². The summed E-state index contributed by atoms with van der Waals surface area (Å²) in [4.78, 5) is 34.4. The van der Waals surface area contributed by atoms with Gasteiger partial charge in [-0.1, -0.05) is 49.9 Å². The molecule has 224 valence electrons. The van der Waals surface area contributed by atoms with Crippen LogP contribution in [0.4, 0.5) is 14.6 Å². The molecule has 0 spiro atoms. The molecule has 2 heterocycles. The number of aromatic nitrogens is 1. The van der Waals surface area contributed by atoms with Crippen molar-refractivity contribution in [3.05, 3.63) is 87.6 Å². The summed E-state index contributed by atoms with van der Waals surface area (Å²) < 4.78 is 34.4. The van der Waals surface area contributed by atoms with Gasteiger partial charge in [0, 0.05) is 49.9 Å². The number of carbonyl (C=O) groups is 2. The first-order chi connectivity index (χ1) is 20.2. The highest BCUT2D eigenvalue weighted by atomic mass is 35.5. The normalized spacial score (nSPS) is 14.5. The average molecular weight is 599 g/mol. The highest BCUT2D eigenvalue weighted by Gasteiger charge is 2.23. The maximum atomic E-state index is 14.4. The number of amides is 1. The molecule has 0 radical (unpaired) electrons. The highest BCUT2D eigenvalue weighted by molar-refractivity contribution is 6.30. The summed E-state index contributed by atoms with van der Waals surface area (Å²) in [5.41, 5.74) is 7.11. The number of nitrogen functional groups attached to an aromatic ring is 1. The summed E-state index contributed by atoms with van der Waals surface area (Å²) in [7, 11) is 0. The Morgan fingerprint density at radius 3 is 2.43 bits per heavy atom. The van der Waals surface area contributed by atoms with Crippen LogP contribution in [-0.2, 0) is 6.42 Å². The Balaban J connectivity index is 1.34. The van der Waals surface area contributed by atoms with E-state index in [0.29, 0.717) is 18.7 Å². The van der Waals surface area contributed by atoms with Crippen LogP contribution in [0.2, 0.25) is 5.02 Å². The predicted octanol–water partition coefficient (Wildman–Crippen LogP) is 6.50. The molecule has 3 aromatic rings. The molecule has 1 saturated heterocycles. The molecule has 0 aliphatic carbocycles. The average Bonchev–Trinajstić information content (AvgIpc) is 2.99. The monoisotopic (exact) mass is 598 g/mol. The van der Waals surface area contributed by atoms with Gasteiger partial charge in [0.1, 0.15) is 11.9 Å². The predicted molar refractivity (Wildman–Crippen MR) is 160 cm³/mol. The molecule has 2 aromatic carbocycles. The van der Waals surface area contributed by atoms with Crippen molar-refractivity contribution in [2.45, 2.75) is 52.1 Å². The number of anilines is 1. The Hall–Kier alpha value is -3.56. The van der Waals surface area contributed by atoms with Crippen molar-refractivity contribution in [1.29, 1.82) is 0 Å². The summed E-state index contributed by atoms with van der Waals surface area (Å²) in [6.45, 7) is 7.91. The Bertz CT molecular complexity index is 1400. The molecule has 42 heavy (non-hydrogen) atoms. The van der Waals surface area contributed by atoms with Gasteiger partial charge in [-0.25, -0.2) is 13.8 Å². The molecule has 0 saturated carbocycles. The number of nitrogens with two attached hydrogens (primary N) is 1. The minimum absolute atomic E-state index is 0.00951. The maximum Gasteiger partial charge on any atom is 0.253 e. The molecule has 1 fully saturated rings. The van der Waals surface area contributed by atoms with Crippen molar-refractivity contribution >= 4 is 29.1 Å². The lowest BCUT2D eigenvalue weighted by molar-refractivity contribution is 0.0635. The van der Waals surface area contributed by atoms with Crippen LogP contribution in [0.5, 0.6) is 5.75 Å². The first kappa shape index (κ1) is 31.4. The third-order valence-corrected chi connectivity index (χ3v) is 7.84. The van der Waals surface area contributed by atoms with E-state index in [4.69, 9.17) is 22.1 Å². The molecule has 1 amide bonds. The zero-order valence-electron chi connectivity index (χ0n) is 24.0. The van der Waals surface area contributed by atoms with Crippen LogP contribution < -0.4 is 10.5 Å². The van der Waals surface area contributed by atoms with E-state index in [1.165, 1.54) is 44.9 Å². The number of ketones is 1. The van der Waals surface area contributed by atoms with E-state index in [2.05, 4.69) is 16.8 Å². The first-order valence-corrected chi connectivity index (χ1v) is 14.7. The lowest BCUT2D eigenvalue weighted by Crippen LogP contribution is -2.48. The van der Waals surface area contributed by atoms with E-state index in [0.717, 1.165) is 37.3 Å². The molecule has 1 aliphatic heterocycles. The fourth-order valence-electron chi connectivity index (χ4n) is 5.04. The third-order valence-electron chi connectivity index (χ3n) is 7.55. The number of hydrogen-bond acceptors (Lipinski definition) is 6. The van der Waals surface area contributed by atoms with Crippen molar-refractivity contribution in [2.24, 2.45) is 0 Å². The Labute approximate surface area is 250 Å². The van der Waals surface area contributed by atoms with Crippen LogP contribution >= 0.6 is 11.6 Å². The Morgan fingerprint density at radius 1 is 1.02 bits per heavy atom. The molecular formula is C32H37ClF2N4O3. The first-order valence-electron chi connectivity index (χ1n) is 14.4. The van der Waals surface area contributed by atoms with Crippen LogP contribution in [0.25, 0.3) is 0 Å². The summed E-state index contributed by atoms with van der Waals surface area (Å²) in [6.07, 6.45) is 5.24. The Morgan fingerprint density at radius 2 is 1.74 bits per heavy atom. The molecule has 0 bridgehead atoms. The van der Waals surface area contributed by atoms with Crippen LogP contribution in [0.1, 0.15) is 77.5 Å². The lowest BCUT2D eigenvalue weighted by atomic mass is 10.0. The molecule has 4 rings (SSSR count). The number of pyridine rings is 1. The van der Waals surface area contributed by atoms with Crippen LogP contribution in [0.15, 0.2) is 48.7 Å². The van der Waals surface area contributed by atoms with Crippen LogP contribution in [0, 0.1) is 11.6 Å². The van der Waals surface area contributed by atoms with Gasteiger partial charge in [-0.15, -0.1) is 0 Å². The zero-order valence-corrected chi connectivity index (χ0v) is 24.8. The van der Waals surface area contributed by atoms with E-state index in [1.54, 1.807) is 24.3 Å². The van der Waals surface area contributed by atoms with Crippen molar-refractivity contribution in [1.82, 2.24) is 14.8 Å². The number of benzene rings is 2. The standard InChI is InChI=1S/C32H37ClF2N4O3/c1-3-4-5-6-13-38-14-16-39(17-15-38)32(41)23-9-7-22(8-10-23)18-27(40)24-19-28(31(36)37-20-24)42-21(2)29-26(34)12-11-25(33)30(29)35/h7-12,19-21H,3-6,13-18H2,1-2H3,(H2,36,37)/t21-/m1/s1. The number of Topliss-reactive ketones (excluding diaryl/α,β-unsaturated/α-hetero) is 1. The smallest absolute Gasteiger partial charge is 0.253 e. The summed E-state index contributed by atoms with van der Waals surface area (Å²) in [5, 5.41) is -0.236. The van der Waals surface area contributed by atoms with Crippen molar-refractivity contribution < 1.29 is 23.1 Å². The van der Waals surface area contributed by atoms with E-state index in [1.807, 2.05) is 4.90 Å². The number of halogens is 3. The van der Waals surface area contributed by atoms with Gasteiger partial charge < -0.3 is 15.4 Å². The number of carbonyl (C=O) groups excluding carboxylic acids is 2. The number of unbranched alkanes of at least 4 members (excludes halogenated alkanes) is 3. The summed E-state index contributed by atoms with van der Waals surface area (Å²) in [6, 6.07) is 10.6. The van der Waals surface area contributed by atoms with Crippen LogP contribution in [-0.4, -0.2) is 59.2 Å². The van der Waals surface area contributed by atoms with Gasteiger partial charge in [0.15, 0.2) is 23.2 Å². The molecule has 7 nitrogen and oxygen atoms in total. The second kappa shape index (κ2) is 14.6. The maximum absolute atomic E-state index is 14.4. The summed E-state index contributed by atoms with van der Waals surface area (Å²) in [5.74, 6) is -2.01. The fourth-order valence-corrected chi connectivity index (χ4v) is 5.20. The van der Waals surface area contributed by atoms with Crippen LogP contribution in [0.3, 0.4) is 0 Å². The van der Waals surface area contributed by atoms with E-state index in [-0.39, 0.29) is 45.8 Å². The summed E-state index contributed by atoms with van der Waals surface area (Å²) >= 11 is 5.80. The molecule has 1 aliphatic rings. The van der Waals surface area contributed by atoms with Crippen molar-refractivity contribution in [3.63, 3.8) is 0 Å². The number of rotatable bonds is 12. The van der Waals surface area contributed by atoms with Gasteiger partial charge >= 0.3 is 0 Å². The van der Waals surface area contributed by atoms with E-state index < -0.39 is 17.7 Å².